The molecule has 0 spiro atoms. The van der Waals surface area contributed by atoms with Gasteiger partial charge in [0.1, 0.15) is 17.7 Å². The van der Waals surface area contributed by atoms with Crippen LogP contribution in [0, 0.1) is 5.82 Å². The van der Waals surface area contributed by atoms with Gasteiger partial charge in [0, 0.05) is 35.5 Å². The van der Waals surface area contributed by atoms with E-state index in [1.807, 2.05) is 19.1 Å². The topological polar surface area (TPSA) is 174 Å². The van der Waals surface area contributed by atoms with Crippen LogP contribution in [0.1, 0.15) is 25.3 Å². The van der Waals surface area contributed by atoms with Crippen molar-refractivity contribution in [2.75, 3.05) is 11.6 Å². The third-order valence-electron chi connectivity index (χ3n) is 6.80. The van der Waals surface area contributed by atoms with Crippen molar-refractivity contribution in [3.05, 3.63) is 72.7 Å². The summed E-state index contributed by atoms with van der Waals surface area (Å²) in [6.45, 7) is 1.95. The zero-order valence-electron chi connectivity index (χ0n) is 23.3. The molecule has 0 aliphatic carbocycles. The lowest BCUT2D eigenvalue weighted by molar-refractivity contribution is 0.192. The molecule has 0 aliphatic heterocycles. The molecule has 0 saturated carbocycles. The Morgan fingerprint density at radius 3 is 2.65 bits per heavy atom. The summed E-state index contributed by atoms with van der Waals surface area (Å²) in [5.41, 5.74) is 6.05. The first-order valence-electron chi connectivity index (χ1n) is 13.5. The van der Waals surface area contributed by atoms with Gasteiger partial charge in [-0.1, -0.05) is 13.3 Å². The fourth-order valence-corrected chi connectivity index (χ4v) is 5.26. The summed E-state index contributed by atoms with van der Waals surface area (Å²) in [6, 6.07) is 8.09. The zero-order valence-corrected chi connectivity index (χ0v) is 24.1. The number of rotatable bonds is 10. The van der Waals surface area contributed by atoms with Crippen molar-refractivity contribution >= 4 is 37.6 Å². The van der Waals surface area contributed by atoms with Crippen LogP contribution >= 0.6 is 0 Å². The molecule has 1 unspecified atom stereocenters. The Morgan fingerprint density at radius 2 is 1.84 bits per heavy atom. The van der Waals surface area contributed by atoms with E-state index in [9.17, 15) is 17.9 Å². The average molecular weight is 602 g/mol. The molecule has 12 nitrogen and oxygen atoms in total. The number of anilines is 1. The molecule has 220 valence electrons. The molecule has 14 heteroatoms. The fraction of sp³-hybridized carbons (Fsp3) is 0.207. The third-order valence-corrected chi connectivity index (χ3v) is 7.47. The maximum Gasteiger partial charge on any atom is 0.209 e. The smallest absolute Gasteiger partial charge is 0.209 e. The van der Waals surface area contributed by atoms with Crippen molar-refractivity contribution in [1.82, 2.24) is 39.8 Å². The molecule has 6 aromatic rings. The Labute approximate surface area is 245 Å². The number of aromatic nitrogens is 7. The van der Waals surface area contributed by atoms with Crippen LogP contribution in [0.2, 0.25) is 0 Å². The molecule has 0 aliphatic rings. The molecule has 5 N–H and O–H groups in total. The van der Waals surface area contributed by atoms with Crippen molar-refractivity contribution in [2.45, 2.75) is 32.5 Å². The number of fused-ring (bicyclic) bond motifs is 2. The molecule has 6 rings (SSSR count). The van der Waals surface area contributed by atoms with Crippen molar-refractivity contribution in [1.29, 1.82) is 0 Å². The van der Waals surface area contributed by atoms with Crippen LogP contribution in [0.3, 0.4) is 0 Å². The minimum atomic E-state index is -3.45. The van der Waals surface area contributed by atoms with Crippen LogP contribution in [0.15, 0.2) is 61.3 Å². The number of aliphatic hydroxyl groups excluding tert-OH is 1. The van der Waals surface area contributed by atoms with Crippen molar-refractivity contribution in [3.8, 4) is 33.9 Å². The van der Waals surface area contributed by atoms with E-state index in [2.05, 4.69) is 40.2 Å². The van der Waals surface area contributed by atoms with E-state index in [1.54, 1.807) is 37.1 Å². The van der Waals surface area contributed by atoms with Gasteiger partial charge in [-0.15, -0.1) is 0 Å². The van der Waals surface area contributed by atoms with Crippen molar-refractivity contribution in [3.63, 3.8) is 0 Å². The Hall–Kier alpha value is -4.79. The monoisotopic (exact) mass is 601 g/mol. The van der Waals surface area contributed by atoms with Crippen LogP contribution in [-0.4, -0.2) is 61.1 Å². The van der Waals surface area contributed by atoms with Gasteiger partial charge in [-0.3, -0.25) is 20.1 Å². The van der Waals surface area contributed by atoms with Crippen LogP contribution in [-0.2, 0) is 16.6 Å². The summed E-state index contributed by atoms with van der Waals surface area (Å²) >= 11 is 0. The van der Waals surface area contributed by atoms with E-state index < -0.39 is 22.1 Å². The highest BCUT2D eigenvalue weighted by Crippen LogP contribution is 2.33. The number of benzene rings is 1. The van der Waals surface area contributed by atoms with Crippen LogP contribution in [0.5, 0.6) is 0 Å². The van der Waals surface area contributed by atoms with Gasteiger partial charge in [0.15, 0.2) is 5.82 Å². The van der Waals surface area contributed by atoms with Gasteiger partial charge in [-0.2, -0.15) is 5.10 Å². The van der Waals surface area contributed by atoms with E-state index in [1.165, 1.54) is 12.1 Å². The van der Waals surface area contributed by atoms with Gasteiger partial charge in [0.05, 0.1) is 52.8 Å². The summed E-state index contributed by atoms with van der Waals surface area (Å²) in [4.78, 5) is 21.3. The molecule has 0 bridgehead atoms. The molecule has 0 radical (unpaired) electrons. The molecule has 5 heterocycles. The molecule has 0 amide bonds. The van der Waals surface area contributed by atoms with Gasteiger partial charge in [0.25, 0.3) is 0 Å². The summed E-state index contributed by atoms with van der Waals surface area (Å²) in [5, 5.41) is 21.4. The molecule has 1 aromatic carbocycles. The number of nitrogens with zero attached hydrogens (tertiary/aromatic N) is 5. The number of H-pyrrole nitrogens is 2. The lowest BCUT2D eigenvalue weighted by Gasteiger charge is -2.13. The van der Waals surface area contributed by atoms with Crippen LogP contribution in [0.4, 0.5) is 10.1 Å². The number of nitrogens with one attached hydrogen (secondary N) is 4. The zero-order chi connectivity index (χ0) is 30.1. The summed E-state index contributed by atoms with van der Waals surface area (Å²) in [6.07, 6.45) is 10.1. The second-order valence-electron chi connectivity index (χ2n) is 10.2. The minimum Gasteiger partial charge on any atom is -0.374 e. The molecule has 0 fully saturated rings. The van der Waals surface area contributed by atoms with E-state index in [-0.39, 0.29) is 6.54 Å². The number of pyridine rings is 3. The van der Waals surface area contributed by atoms with Crippen molar-refractivity contribution in [2.24, 2.45) is 0 Å². The summed E-state index contributed by atoms with van der Waals surface area (Å²) in [5.74, 6) is -0.0400. The number of halogens is 1. The Kier molecular flexibility index (Phi) is 7.56. The normalized spacial score (nSPS) is 12.7. The first kappa shape index (κ1) is 28.3. The Bertz CT molecular complexity index is 2060. The molecular weight excluding hydrogens is 573 g/mol. The van der Waals surface area contributed by atoms with Gasteiger partial charge in [-0.25, -0.2) is 22.5 Å². The lowest BCUT2D eigenvalue weighted by Crippen LogP contribution is -2.21. The Balaban J connectivity index is 1.37. The molecule has 0 saturated heterocycles. The lowest BCUT2D eigenvalue weighted by atomic mass is 10.0. The highest BCUT2D eigenvalue weighted by atomic mass is 32.2. The number of imidazole rings is 1. The SMILES string of the molecule is CCCC(O)Nc1cncc(-c2cc3c(-c4nc5c(-c6cc(F)cc(CNS(C)(=O)=O)c6)cncc5[nH]4)n[nH]c3cn2)c1. The predicted octanol–water partition coefficient (Wildman–Crippen LogP) is 4.34. The fourth-order valence-electron chi connectivity index (χ4n) is 4.83. The standard InChI is InChI=1S/C29H28FN9O3S/c1-3-4-26(40)35-20-8-18(11-31-12-20)23-9-21-24(15-33-23)38-39-28(21)29-36-25-14-32-13-22(27(25)37-29)17-5-16(6-19(30)7-17)10-34-43(2,41)42/h5-9,11-15,26,34-35,40H,3-4,10H2,1-2H3,(H,36,37)(H,38,39). The average Bonchev–Trinajstić information content (AvgIpc) is 3.59. The third kappa shape index (κ3) is 6.21. The maximum absolute atomic E-state index is 14.6. The second-order valence-corrected chi connectivity index (χ2v) is 12.0. The quantitative estimate of drug-likeness (QED) is 0.143. The number of aromatic amines is 2. The van der Waals surface area contributed by atoms with Gasteiger partial charge < -0.3 is 15.4 Å². The number of hydrogen-bond donors (Lipinski definition) is 5. The number of hydrogen-bond acceptors (Lipinski definition) is 9. The minimum absolute atomic E-state index is 0.0533. The largest absolute Gasteiger partial charge is 0.374 e. The highest BCUT2D eigenvalue weighted by molar-refractivity contribution is 7.88. The van der Waals surface area contributed by atoms with Gasteiger partial charge in [0.2, 0.25) is 10.0 Å². The van der Waals surface area contributed by atoms with Crippen LogP contribution < -0.4 is 10.0 Å². The highest BCUT2D eigenvalue weighted by Gasteiger charge is 2.18. The maximum atomic E-state index is 14.6. The van der Waals surface area contributed by atoms with Crippen molar-refractivity contribution < 1.29 is 17.9 Å². The summed E-state index contributed by atoms with van der Waals surface area (Å²) < 4.78 is 40.1. The van der Waals surface area contributed by atoms with E-state index in [0.29, 0.717) is 62.6 Å². The predicted molar refractivity (Wildman–Crippen MR) is 162 cm³/mol. The van der Waals surface area contributed by atoms with E-state index >= 15 is 0 Å². The first-order valence-corrected chi connectivity index (χ1v) is 15.4. The Morgan fingerprint density at radius 1 is 1.00 bits per heavy atom. The van der Waals surface area contributed by atoms with E-state index in [0.717, 1.165) is 23.6 Å². The van der Waals surface area contributed by atoms with Gasteiger partial charge >= 0.3 is 0 Å². The molecule has 5 aromatic heterocycles. The second kappa shape index (κ2) is 11.5. The van der Waals surface area contributed by atoms with E-state index in [4.69, 9.17) is 4.98 Å². The summed E-state index contributed by atoms with van der Waals surface area (Å²) in [7, 11) is -3.45. The molecule has 43 heavy (non-hydrogen) atoms. The van der Waals surface area contributed by atoms with Crippen LogP contribution in [0.25, 0.3) is 55.8 Å². The first-order chi connectivity index (χ1) is 20.7. The number of sulfonamides is 1. The molecular formula is C29H28FN9O3S. The molecule has 1 atom stereocenters. The number of aliphatic hydroxyl groups is 1. The van der Waals surface area contributed by atoms with Gasteiger partial charge in [-0.05, 0) is 47.9 Å².